The van der Waals surface area contributed by atoms with E-state index in [9.17, 15) is 13.2 Å². The van der Waals surface area contributed by atoms with Gasteiger partial charge in [-0.1, -0.05) is 31.5 Å². The van der Waals surface area contributed by atoms with Crippen molar-refractivity contribution in [1.82, 2.24) is 4.90 Å². The number of benzene rings is 2. The van der Waals surface area contributed by atoms with Crippen LogP contribution in [0.5, 0.6) is 11.5 Å². The number of nitrogens with zero attached hydrogens (tertiary/aromatic N) is 1. The van der Waals surface area contributed by atoms with E-state index in [0.29, 0.717) is 37.5 Å². The standard InChI is InChI=1S/C24H31NO5S/c1-3-5-14-30-23-8-6-7-20(16-23)24(26)25(21-13-15-31(27,28)18-21)17-19-9-11-22(12-10-19)29-4-2/h6-12,16,21H,3-5,13-15,17-18H2,1-2H3. The second-order valence-electron chi connectivity index (χ2n) is 7.80. The SMILES string of the molecule is CCCCOc1cccc(C(=O)N(Cc2ccc(OCC)cc2)C2CCS(=O)(=O)C2)c1. The van der Waals surface area contributed by atoms with Gasteiger partial charge in [0.15, 0.2) is 9.84 Å². The van der Waals surface area contributed by atoms with Crippen LogP contribution in [-0.2, 0) is 16.4 Å². The minimum absolute atomic E-state index is 0.00244. The zero-order valence-corrected chi connectivity index (χ0v) is 19.1. The Morgan fingerprint density at radius 1 is 1.06 bits per heavy atom. The Labute approximate surface area is 185 Å². The monoisotopic (exact) mass is 445 g/mol. The molecule has 1 heterocycles. The number of hydrogen-bond acceptors (Lipinski definition) is 5. The van der Waals surface area contributed by atoms with E-state index in [4.69, 9.17) is 9.47 Å². The van der Waals surface area contributed by atoms with Gasteiger partial charge in [-0.2, -0.15) is 0 Å². The van der Waals surface area contributed by atoms with E-state index in [0.717, 1.165) is 24.2 Å². The van der Waals surface area contributed by atoms with Gasteiger partial charge in [0, 0.05) is 18.2 Å². The summed E-state index contributed by atoms with van der Waals surface area (Å²) in [5, 5.41) is 0. The van der Waals surface area contributed by atoms with E-state index in [2.05, 4.69) is 6.92 Å². The highest BCUT2D eigenvalue weighted by molar-refractivity contribution is 7.91. The van der Waals surface area contributed by atoms with Crippen LogP contribution in [0.1, 0.15) is 49.0 Å². The molecule has 2 aromatic carbocycles. The fourth-order valence-electron chi connectivity index (χ4n) is 3.66. The largest absolute Gasteiger partial charge is 0.494 e. The van der Waals surface area contributed by atoms with Crippen molar-refractivity contribution in [3.05, 3.63) is 59.7 Å². The molecule has 1 amide bonds. The first-order valence-corrected chi connectivity index (χ1v) is 12.7. The Balaban J connectivity index is 1.82. The average Bonchev–Trinajstić information content (AvgIpc) is 3.13. The lowest BCUT2D eigenvalue weighted by atomic mass is 10.1. The predicted octanol–water partition coefficient (Wildman–Crippen LogP) is 4.09. The molecule has 1 fully saturated rings. The average molecular weight is 446 g/mol. The number of carbonyl (C=O) groups excluding carboxylic acids is 1. The van der Waals surface area contributed by atoms with Gasteiger partial charge in [-0.3, -0.25) is 4.79 Å². The van der Waals surface area contributed by atoms with Crippen LogP contribution in [0.25, 0.3) is 0 Å². The summed E-state index contributed by atoms with van der Waals surface area (Å²) in [7, 11) is -3.12. The molecule has 0 N–H and O–H groups in total. The van der Waals surface area contributed by atoms with Crippen molar-refractivity contribution < 1.29 is 22.7 Å². The van der Waals surface area contributed by atoms with Crippen LogP contribution in [0.2, 0.25) is 0 Å². The molecule has 31 heavy (non-hydrogen) atoms. The van der Waals surface area contributed by atoms with Crippen LogP contribution in [0.3, 0.4) is 0 Å². The molecule has 2 aromatic rings. The van der Waals surface area contributed by atoms with Gasteiger partial charge in [0.1, 0.15) is 11.5 Å². The number of carbonyl (C=O) groups is 1. The maximum absolute atomic E-state index is 13.4. The second kappa shape index (κ2) is 10.7. The number of hydrogen-bond donors (Lipinski definition) is 0. The number of ether oxygens (including phenoxy) is 2. The summed E-state index contributed by atoms with van der Waals surface area (Å²) in [6.45, 7) is 5.55. The molecule has 0 spiro atoms. The smallest absolute Gasteiger partial charge is 0.254 e. The summed E-state index contributed by atoms with van der Waals surface area (Å²) in [6, 6.07) is 14.4. The van der Waals surface area contributed by atoms with Crippen molar-refractivity contribution in [1.29, 1.82) is 0 Å². The summed E-state index contributed by atoms with van der Waals surface area (Å²) >= 11 is 0. The summed E-state index contributed by atoms with van der Waals surface area (Å²) in [5.74, 6) is 1.36. The van der Waals surface area contributed by atoms with Gasteiger partial charge in [0.05, 0.1) is 24.7 Å². The van der Waals surface area contributed by atoms with E-state index >= 15 is 0 Å². The fourth-order valence-corrected chi connectivity index (χ4v) is 5.39. The summed E-state index contributed by atoms with van der Waals surface area (Å²) in [5.41, 5.74) is 1.43. The number of rotatable bonds is 10. The van der Waals surface area contributed by atoms with Gasteiger partial charge < -0.3 is 14.4 Å². The molecule has 1 unspecified atom stereocenters. The van der Waals surface area contributed by atoms with Crippen LogP contribution in [0.15, 0.2) is 48.5 Å². The zero-order valence-electron chi connectivity index (χ0n) is 18.2. The summed E-state index contributed by atoms with van der Waals surface area (Å²) < 4.78 is 35.4. The lowest BCUT2D eigenvalue weighted by Crippen LogP contribution is -2.40. The Morgan fingerprint density at radius 3 is 2.48 bits per heavy atom. The van der Waals surface area contributed by atoms with Crippen molar-refractivity contribution in [2.24, 2.45) is 0 Å². The van der Waals surface area contributed by atoms with Crippen LogP contribution < -0.4 is 9.47 Å². The van der Waals surface area contributed by atoms with Crippen LogP contribution >= 0.6 is 0 Å². The predicted molar refractivity (Wildman–Crippen MR) is 121 cm³/mol. The van der Waals surface area contributed by atoms with Gasteiger partial charge >= 0.3 is 0 Å². The Morgan fingerprint density at radius 2 is 1.84 bits per heavy atom. The molecule has 1 aliphatic rings. The number of unbranched alkanes of at least 4 members (excludes halogenated alkanes) is 1. The molecule has 1 aliphatic heterocycles. The minimum atomic E-state index is -3.12. The van der Waals surface area contributed by atoms with Crippen molar-refractivity contribution in [2.75, 3.05) is 24.7 Å². The highest BCUT2D eigenvalue weighted by Gasteiger charge is 2.35. The lowest BCUT2D eigenvalue weighted by Gasteiger charge is -2.29. The molecule has 0 aliphatic carbocycles. The van der Waals surface area contributed by atoms with E-state index in [1.807, 2.05) is 37.3 Å². The van der Waals surface area contributed by atoms with Crippen molar-refractivity contribution in [3.63, 3.8) is 0 Å². The van der Waals surface area contributed by atoms with Crippen molar-refractivity contribution >= 4 is 15.7 Å². The quantitative estimate of drug-likeness (QED) is 0.515. The Bertz CT molecular complexity index is 972. The highest BCUT2D eigenvalue weighted by Crippen LogP contribution is 2.24. The van der Waals surface area contributed by atoms with Gasteiger partial charge in [-0.15, -0.1) is 0 Å². The van der Waals surface area contributed by atoms with Crippen molar-refractivity contribution in [3.8, 4) is 11.5 Å². The summed E-state index contributed by atoms with van der Waals surface area (Å²) in [6.07, 6.45) is 2.43. The van der Waals surface area contributed by atoms with Crippen LogP contribution in [0, 0.1) is 0 Å². The topological polar surface area (TPSA) is 72.9 Å². The molecule has 168 valence electrons. The molecular formula is C24H31NO5S. The molecule has 7 heteroatoms. The third-order valence-corrected chi connectivity index (χ3v) is 7.10. The number of sulfone groups is 1. The molecule has 0 bridgehead atoms. The first-order valence-electron chi connectivity index (χ1n) is 10.9. The van der Waals surface area contributed by atoms with Gasteiger partial charge in [0.2, 0.25) is 0 Å². The first-order chi connectivity index (χ1) is 14.9. The maximum Gasteiger partial charge on any atom is 0.254 e. The molecule has 3 rings (SSSR count). The molecule has 1 atom stereocenters. The summed E-state index contributed by atoms with van der Waals surface area (Å²) in [4.78, 5) is 15.1. The number of amides is 1. The van der Waals surface area contributed by atoms with Crippen LogP contribution in [-0.4, -0.2) is 50.0 Å². The fraction of sp³-hybridized carbons (Fsp3) is 0.458. The van der Waals surface area contributed by atoms with E-state index in [1.165, 1.54) is 0 Å². The molecule has 0 radical (unpaired) electrons. The van der Waals surface area contributed by atoms with E-state index in [1.54, 1.807) is 23.1 Å². The molecule has 0 aromatic heterocycles. The zero-order chi connectivity index (χ0) is 22.3. The van der Waals surface area contributed by atoms with E-state index in [-0.39, 0.29) is 23.5 Å². The normalized spacial score (nSPS) is 17.3. The molecular weight excluding hydrogens is 414 g/mol. The van der Waals surface area contributed by atoms with Gasteiger partial charge in [-0.25, -0.2) is 8.42 Å². The second-order valence-corrected chi connectivity index (χ2v) is 10.0. The lowest BCUT2D eigenvalue weighted by molar-refractivity contribution is 0.0680. The maximum atomic E-state index is 13.4. The Kier molecular flexibility index (Phi) is 7.96. The molecule has 1 saturated heterocycles. The minimum Gasteiger partial charge on any atom is -0.494 e. The molecule has 0 saturated carbocycles. The van der Waals surface area contributed by atoms with Gasteiger partial charge in [-0.05, 0) is 55.7 Å². The van der Waals surface area contributed by atoms with Crippen LogP contribution in [0.4, 0.5) is 0 Å². The molecule has 6 nitrogen and oxygen atoms in total. The first kappa shape index (κ1) is 23.1. The third kappa shape index (κ3) is 6.47. The third-order valence-electron chi connectivity index (χ3n) is 5.34. The van der Waals surface area contributed by atoms with E-state index < -0.39 is 9.84 Å². The highest BCUT2D eigenvalue weighted by atomic mass is 32.2. The Hall–Kier alpha value is -2.54. The van der Waals surface area contributed by atoms with Gasteiger partial charge in [0.25, 0.3) is 5.91 Å². The van der Waals surface area contributed by atoms with Crippen molar-refractivity contribution in [2.45, 2.75) is 45.7 Å².